The summed E-state index contributed by atoms with van der Waals surface area (Å²) in [6, 6.07) is 0.981. The first-order valence-electron chi connectivity index (χ1n) is 3.97. The van der Waals surface area contributed by atoms with Crippen molar-refractivity contribution in [3.05, 3.63) is 12.7 Å². The number of likely N-dealkylation sites (tertiary alicyclic amines) is 1. The predicted octanol–water partition coefficient (Wildman–Crippen LogP) is -0.255. The van der Waals surface area contributed by atoms with Gasteiger partial charge in [-0.3, -0.25) is 4.79 Å². The van der Waals surface area contributed by atoms with Gasteiger partial charge in [0.1, 0.15) is 0 Å². The molecule has 0 unspecified atom stereocenters. The summed E-state index contributed by atoms with van der Waals surface area (Å²) >= 11 is 0. The molecule has 2 rings (SSSR count). The number of hydrogen-bond acceptors (Lipinski definition) is 2. The summed E-state index contributed by atoms with van der Waals surface area (Å²) in [5.41, 5.74) is 0. The van der Waals surface area contributed by atoms with Crippen LogP contribution >= 0.6 is 0 Å². The van der Waals surface area contributed by atoms with Crippen LogP contribution in [-0.2, 0) is 4.79 Å². The smallest absolute Gasteiger partial charge is 0.246 e. The Labute approximate surface area is 66.1 Å². The van der Waals surface area contributed by atoms with E-state index in [0.29, 0.717) is 12.1 Å². The third-order valence-electron chi connectivity index (χ3n) is 2.51. The molecule has 1 amide bonds. The lowest BCUT2D eigenvalue weighted by Gasteiger charge is -2.25. The van der Waals surface area contributed by atoms with Crippen molar-refractivity contribution in [2.75, 3.05) is 13.1 Å². The molecular formula is C8H12N2O. The standard InChI is InChI=1S/C8H12N2O/c1-2-8(11)10-5-6-3-7(10)4-9-6/h2,6-7,9H,1,3-5H2/t6-,7-/m0/s1. The number of amides is 1. The third kappa shape index (κ3) is 0.959. The van der Waals surface area contributed by atoms with Gasteiger partial charge in [-0.2, -0.15) is 0 Å². The molecule has 2 saturated heterocycles. The summed E-state index contributed by atoms with van der Waals surface area (Å²) in [4.78, 5) is 13.1. The molecule has 0 saturated carbocycles. The van der Waals surface area contributed by atoms with Crippen LogP contribution in [0.5, 0.6) is 0 Å². The normalized spacial score (nSPS) is 34.4. The van der Waals surface area contributed by atoms with Crippen LogP contribution in [0.1, 0.15) is 6.42 Å². The lowest BCUT2D eigenvalue weighted by molar-refractivity contribution is -0.127. The summed E-state index contributed by atoms with van der Waals surface area (Å²) < 4.78 is 0. The monoisotopic (exact) mass is 152 g/mol. The van der Waals surface area contributed by atoms with E-state index in [1.165, 1.54) is 6.08 Å². The van der Waals surface area contributed by atoms with Gasteiger partial charge in [0.05, 0.1) is 0 Å². The van der Waals surface area contributed by atoms with Crippen LogP contribution in [0.2, 0.25) is 0 Å². The van der Waals surface area contributed by atoms with Crippen molar-refractivity contribution in [3.8, 4) is 0 Å². The molecule has 2 fully saturated rings. The molecule has 0 aliphatic carbocycles. The molecule has 0 spiro atoms. The van der Waals surface area contributed by atoms with Crippen molar-refractivity contribution in [1.29, 1.82) is 0 Å². The Balaban J connectivity index is 2.07. The van der Waals surface area contributed by atoms with E-state index < -0.39 is 0 Å². The van der Waals surface area contributed by atoms with Crippen LogP contribution in [0.4, 0.5) is 0 Å². The lowest BCUT2D eigenvalue weighted by atomic mass is 10.2. The largest absolute Gasteiger partial charge is 0.333 e. The fraction of sp³-hybridized carbons (Fsp3) is 0.625. The number of piperazine rings is 1. The molecule has 2 bridgehead atoms. The topological polar surface area (TPSA) is 32.3 Å². The molecule has 1 N–H and O–H groups in total. The minimum absolute atomic E-state index is 0.0824. The maximum absolute atomic E-state index is 11.2. The molecule has 0 radical (unpaired) electrons. The van der Waals surface area contributed by atoms with E-state index in [4.69, 9.17) is 0 Å². The van der Waals surface area contributed by atoms with E-state index in [9.17, 15) is 4.79 Å². The highest BCUT2D eigenvalue weighted by molar-refractivity contribution is 5.87. The highest BCUT2D eigenvalue weighted by Gasteiger charge is 2.38. The second kappa shape index (κ2) is 2.34. The SMILES string of the molecule is C=CC(=O)N1C[C@@H]2C[C@H]1CN2. The molecule has 0 aromatic rings. The van der Waals surface area contributed by atoms with E-state index in [1.807, 2.05) is 4.90 Å². The lowest BCUT2D eigenvalue weighted by Crippen LogP contribution is -2.45. The quantitative estimate of drug-likeness (QED) is 0.525. The van der Waals surface area contributed by atoms with Gasteiger partial charge in [0.15, 0.2) is 0 Å². The first kappa shape index (κ1) is 6.85. The van der Waals surface area contributed by atoms with E-state index in [-0.39, 0.29) is 5.91 Å². The third-order valence-corrected chi connectivity index (χ3v) is 2.51. The second-order valence-corrected chi connectivity index (χ2v) is 3.19. The van der Waals surface area contributed by atoms with Crippen LogP contribution in [0, 0.1) is 0 Å². The molecule has 11 heavy (non-hydrogen) atoms. The number of fused-ring (bicyclic) bond motifs is 2. The fourth-order valence-electron chi connectivity index (χ4n) is 1.95. The van der Waals surface area contributed by atoms with Crippen LogP contribution in [0.25, 0.3) is 0 Å². The van der Waals surface area contributed by atoms with Gasteiger partial charge in [0, 0.05) is 25.2 Å². The van der Waals surface area contributed by atoms with E-state index in [0.717, 1.165) is 19.5 Å². The summed E-state index contributed by atoms with van der Waals surface area (Å²) in [5.74, 6) is 0.0824. The van der Waals surface area contributed by atoms with Crippen molar-refractivity contribution in [2.24, 2.45) is 0 Å². The molecule has 0 aromatic carbocycles. The number of rotatable bonds is 1. The van der Waals surface area contributed by atoms with Crippen molar-refractivity contribution >= 4 is 5.91 Å². The van der Waals surface area contributed by atoms with Crippen LogP contribution < -0.4 is 5.32 Å². The zero-order valence-corrected chi connectivity index (χ0v) is 6.42. The van der Waals surface area contributed by atoms with Crippen molar-refractivity contribution in [3.63, 3.8) is 0 Å². The van der Waals surface area contributed by atoms with Gasteiger partial charge < -0.3 is 10.2 Å². The first-order chi connectivity index (χ1) is 5.31. The molecule has 2 atom stereocenters. The average Bonchev–Trinajstić information content (AvgIpc) is 2.62. The number of nitrogens with zero attached hydrogens (tertiary/aromatic N) is 1. The molecule has 3 heteroatoms. The summed E-state index contributed by atoms with van der Waals surface area (Å²) in [5, 5.41) is 3.34. The minimum Gasteiger partial charge on any atom is -0.333 e. The summed E-state index contributed by atoms with van der Waals surface area (Å²) in [7, 11) is 0. The first-order valence-corrected chi connectivity index (χ1v) is 3.97. The Morgan fingerprint density at radius 1 is 1.73 bits per heavy atom. The van der Waals surface area contributed by atoms with Crippen molar-refractivity contribution in [2.45, 2.75) is 18.5 Å². The highest BCUT2D eigenvalue weighted by atomic mass is 16.2. The minimum atomic E-state index is 0.0824. The van der Waals surface area contributed by atoms with Gasteiger partial charge in [-0.1, -0.05) is 6.58 Å². The average molecular weight is 152 g/mol. The number of hydrogen-bond donors (Lipinski definition) is 1. The van der Waals surface area contributed by atoms with Crippen LogP contribution in [-0.4, -0.2) is 36.0 Å². The molecule has 0 aromatic heterocycles. The zero-order valence-electron chi connectivity index (χ0n) is 6.42. The number of nitrogens with one attached hydrogen (secondary N) is 1. The second-order valence-electron chi connectivity index (χ2n) is 3.19. The molecular weight excluding hydrogens is 140 g/mol. The molecule has 3 nitrogen and oxygen atoms in total. The molecule has 2 heterocycles. The van der Waals surface area contributed by atoms with E-state index >= 15 is 0 Å². The fourth-order valence-corrected chi connectivity index (χ4v) is 1.95. The van der Waals surface area contributed by atoms with Crippen LogP contribution in [0.15, 0.2) is 12.7 Å². The Morgan fingerprint density at radius 2 is 2.55 bits per heavy atom. The van der Waals surface area contributed by atoms with E-state index in [2.05, 4.69) is 11.9 Å². The summed E-state index contributed by atoms with van der Waals surface area (Å²) in [6.45, 7) is 5.31. The predicted molar refractivity (Wildman–Crippen MR) is 42.1 cm³/mol. The van der Waals surface area contributed by atoms with Gasteiger partial charge >= 0.3 is 0 Å². The number of carbonyl (C=O) groups is 1. The van der Waals surface area contributed by atoms with Gasteiger partial charge in [0.25, 0.3) is 0 Å². The maximum atomic E-state index is 11.2. The molecule has 2 aliphatic rings. The highest BCUT2D eigenvalue weighted by Crippen LogP contribution is 2.22. The van der Waals surface area contributed by atoms with Gasteiger partial charge in [-0.05, 0) is 12.5 Å². The van der Waals surface area contributed by atoms with Gasteiger partial charge in [-0.25, -0.2) is 0 Å². The Bertz CT molecular complexity index is 202. The van der Waals surface area contributed by atoms with Gasteiger partial charge in [-0.15, -0.1) is 0 Å². The maximum Gasteiger partial charge on any atom is 0.246 e. The van der Waals surface area contributed by atoms with Crippen LogP contribution in [0.3, 0.4) is 0 Å². The molecule has 2 aliphatic heterocycles. The molecule has 60 valence electrons. The number of carbonyl (C=O) groups excluding carboxylic acids is 1. The Kier molecular flexibility index (Phi) is 1.46. The van der Waals surface area contributed by atoms with E-state index in [1.54, 1.807) is 0 Å². The van der Waals surface area contributed by atoms with Crippen molar-refractivity contribution in [1.82, 2.24) is 10.2 Å². The Hall–Kier alpha value is -0.830. The Morgan fingerprint density at radius 3 is 3.00 bits per heavy atom. The zero-order chi connectivity index (χ0) is 7.84. The van der Waals surface area contributed by atoms with Gasteiger partial charge in [0.2, 0.25) is 5.91 Å². The summed E-state index contributed by atoms with van der Waals surface area (Å²) in [6.07, 6.45) is 2.53. The van der Waals surface area contributed by atoms with Crippen molar-refractivity contribution < 1.29 is 4.79 Å².